The van der Waals surface area contributed by atoms with Gasteiger partial charge in [0.1, 0.15) is 6.61 Å². The van der Waals surface area contributed by atoms with E-state index >= 15 is 0 Å². The maximum atomic E-state index is 12.5. The van der Waals surface area contributed by atoms with Gasteiger partial charge in [-0.2, -0.15) is 13.2 Å². The quantitative estimate of drug-likeness (QED) is 0.481. The van der Waals surface area contributed by atoms with Crippen molar-refractivity contribution in [2.75, 3.05) is 25.5 Å². The third kappa shape index (κ3) is 5.54. The Kier molecular flexibility index (Phi) is 5.89. The lowest BCUT2D eigenvalue weighted by molar-refractivity contribution is -0.137. The molecule has 0 aliphatic carbocycles. The largest absolute Gasteiger partial charge is 0.416 e. The van der Waals surface area contributed by atoms with Crippen molar-refractivity contribution in [3.63, 3.8) is 0 Å². The molecule has 0 fully saturated rings. The first-order valence-corrected chi connectivity index (χ1v) is 5.82. The number of anilines is 1. The smallest absolute Gasteiger partial charge is 0.398 e. The number of ether oxygens (including phenoxy) is 1. The normalized spacial score (nSPS) is 11.7. The molecule has 0 aliphatic heterocycles. The van der Waals surface area contributed by atoms with E-state index in [9.17, 15) is 26.7 Å². The number of nitrogen functional groups attached to an aromatic ring is 1. The highest BCUT2D eigenvalue weighted by molar-refractivity contribution is 5.99. The Morgan fingerprint density at radius 3 is 2.57 bits per heavy atom. The van der Waals surface area contributed by atoms with Crippen LogP contribution in [0.2, 0.25) is 0 Å². The monoisotopic (exact) mass is 312 g/mol. The summed E-state index contributed by atoms with van der Waals surface area (Å²) in [5.41, 5.74) is 3.99. The summed E-state index contributed by atoms with van der Waals surface area (Å²) in [4.78, 5) is 11.7. The maximum absolute atomic E-state index is 12.5. The van der Waals surface area contributed by atoms with E-state index in [0.717, 1.165) is 12.1 Å². The molecule has 1 aromatic carbocycles. The predicted octanol–water partition coefficient (Wildman–Crippen LogP) is 2.30. The minimum atomic E-state index is -4.59. The van der Waals surface area contributed by atoms with Crippen LogP contribution in [0.1, 0.15) is 15.9 Å². The Hall–Kier alpha value is -1.90. The van der Waals surface area contributed by atoms with E-state index in [1.807, 2.05) is 0 Å². The molecule has 0 atom stereocenters. The fourth-order valence-corrected chi connectivity index (χ4v) is 1.43. The van der Waals surface area contributed by atoms with Gasteiger partial charge in [-0.1, -0.05) is 0 Å². The van der Waals surface area contributed by atoms with E-state index in [4.69, 9.17) is 5.73 Å². The molecule has 0 aliphatic rings. The number of amides is 1. The molecule has 0 spiro atoms. The Balaban J connectivity index is 2.61. The van der Waals surface area contributed by atoms with Crippen LogP contribution in [-0.2, 0) is 10.9 Å². The van der Waals surface area contributed by atoms with E-state index in [1.54, 1.807) is 0 Å². The van der Waals surface area contributed by atoms with Gasteiger partial charge in [-0.15, -0.1) is 0 Å². The Labute approximate surface area is 117 Å². The summed E-state index contributed by atoms with van der Waals surface area (Å²) in [6.45, 7) is -1.09. The molecule has 3 N–H and O–H groups in total. The van der Waals surface area contributed by atoms with Gasteiger partial charge < -0.3 is 15.8 Å². The fourth-order valence-electron chi connectivity index (χ4n) is 1.43. The number of carbonyl (C=O) groups excluding carboxylic acids is 1. The number of nitrogens with one attached hydrogen (secondary N) is 1. The van der Waals surface area contributed by atoms with E-state index in [0.29, 0.717) is 6.07 Å². The zero-order valence-corrected chi connectivity index (χ0v) is 10.7. The summed E-state index contributed by atoms with van der Waals surface area (Å²) < 4.78 is 65.6. The lowest BCUT2D eigenvalue weighted by Crippen LogP contribution is -2.28. The van der Waals surface area contributed by atoms with Crippen LogP contribution in [0.25, 0.3) is 0 Å². The third-order valence-corrected chi connectivity index (χ3v) is 2.40. The molecule has 0 saturated heterocycles. The summed E-state index contributed by atoms with van der Waals surface area (Å²) in [6, 6.07) is 2.37. The number of carbonyl (C=O) groups is 1. The van der Waals surface area contributed by atoms with Crippen molar-refractivity contribution in [1.29, 1.82) is 0 Å². The molecule has 0 unspecified atom stereocenters. The molecule has 0 bridgehead atoms. The summed E-state index contributed by atoms with van der Waals surface area (Å²) in [6.07, 6.45) is -7.22. The average Bonchev–Trinajstić information content (AvgIpc) is 2.36. The van der Waals surface area contributed by atoms with E-state index < -0.39 is 30.7 Å². The second-order valence-corrected chi connectivity index (χ2v) is 4.02. The first-order valence-electron chi connectivity index (χ1n) is 5.82. The van der Waals surface area contributed by atoms with Crippen LogP contribution in [0.3, 0.4) is 0 Å². The molecule has 118 valence electrons. The maximum Gasteiger partial charge on any atom is 0.416 e. The van der Waals surface area contributed by atoms with Crippen LogP contribution in [0.15, 0.2) is 18.2 Å². The highest BCUT2D eigenvalue weighted by atomic mass is 19.4. The minimum absolute atomic E-state index is 0.117. The van der Waals surface area contributed by atoms with E-state index in [-0.39, 0.29) is 24.4 Å². The first kappa shape index (κ1) is 17.2. The first-order chi connectivity index (χ1) is 9.71. The van der Waals surface area contributed by atoms with Gasteiger partial charge in [-0.05, 0) is 18.2 Å². The number of hydrogen-bond donors (Lipinski definition) is 2. The molecule has 1 aromatic rings. The second-order valence-electron chi connectivity index (χ2n) is 4.02. The number of hydrogen-bond acceptors (Lipinski definition) is 3. The lowest BCUT2D eigenvalue weighted by Gasteiger charge is -2.11. The average molecular weight is 312 g/mol. The predicted molar refractivity (Wildman–Crippen MR) is 65.0 cm³/mol. The van der Waals surface area contributed by atoms with Gasteiger partial charge in [-0.3, -0.25) is 4.79 Å². The molecule has 0 heterocycles. The van der Waals surface area contributed by atoms with Crippen LogP contribution < -0.4 is 11.1 Å². The van der Waals surface area contributed by atoms with Crippen molar-refractivity contribution in [2.45, 2.75) is 12.6 Å². The van der Waals surface area contributed by atoms with Gasteiger partial charge in [0.15, 0.2) is 0 Å². The molecule has 0 saturated carbocycles. The lowest BCUT2D eigenvalue weighted by atomic mass is 10.1. The van der Waals surface area contributed by atoms with Crippen LogP contribution >= 0.6 is 0 Å². The Morgan fingerprint density at radius 1 is 1.33 bits per heavy atom. The van der Waals surface area contributed by atoms with E-state index in [2.05, 4.69) is 10.1 Å². The molecule has 9 heteroatoms. The number of halogens is 5. The molecular weight excluding hydrogens is 299 g/mol. The number of nitrogens with two attached hydrogens (primary N) is 1. The van der Waals surface area contributed by atoms with Crippen LogP contribution in [0, 0.1) is 0 Å². The fraction of sp³-hybridized carbons (Fsp3) is 0.417. The van der Waals surface area contributed by atoms with Gasteiger partial charge in [0.2, 0.25) is 0 Å². The molecule has 1 rings (SSSR count). The highest BCUT2D eigenvalue weighted by Gasteiger charge is 2.31. The van der Waals surface area contributed by atoms with Crippen LogP contribution in [0.5, 0.6) is 0 Å². The van der Waals surface area contributed by atoms with Crippen molar-refractivity contribution in [3.8, 4) is 0 Å². The SMILES string of the molecule is Nc1ccc(C(F)(F)F)cc1C(=O)NCCOCC(F)F. The van der Waals surface area contributed by atoms with Gasteiger partial charge in [0, 0.05) is 12.2 Å². The molecule has 0 radical (unpaired) electrons. The van der Waals surface area contributed by atoms with Gasteiger partial charge >= 0.3 is 6.18 Å². The van der Waals surface area contributed by atoms with Crippen molar-refractivity contribution >= 4 is 11.6 Å². The molecule has 0 aromatic heterocycles. The number of rotatable bonds is 6. The Morgan fingerprint density at radius 2 is 2.00 bits per heavy atom. The van der Waals surface area contributed by atoms with Crippen molar-refractivity contribution in [2.24, 2.45) is 0 Å². The van der Waals surface area contributed by atoms with Crippen molar-refractivity contribution in [3.05, 3.63) is 29.3 Å². The van der Waals surface area contributed by atoms with Crippen LogP contribution in [0.4, 0.5) is 27.6 Å². The third-order valence-electron chi connectivity index (χ3n) is 2.40. The number of benzene rings is 1. The summed E-state index contributed by atoms with van der Waals surface area (Å²) in [5, 5.41) is 2.24. The summed E-state index contributed by atoms with van der Waals surface area (Å²) in [5.74, 6) is -0.834. The van der Waals surface area contributed by atoms with Gasteiger partial charge in [0.05, 0.1) is 17.7 Å². The van der Waals surface area contributed by atoms with Crippen molar-refractivity contribution in [1.82, 2.24) is 5.32 Å². The molecule has 21 heavy (non-hydrogen) atoms. The topological polar surface area (TPSA) is 64.4 Å². The minimum Gasteiger partial charge on any atom is -0.398 e. The van der Waals surface area contributed by atoms with E-state index in [1.165, 1.54) is 0 Å². The second kappa shape index (κ2) is 7.21. The highest BCUT2D eigenvalue weighted by Crippen LogP contribution is 2.31. The zero-order valence-electron chi connectivity index (χ0n) is 10.7. The standard InChI is InChI=1S/C12H13F5N2O2/c13-10(14)6-21-4-3-19-11(20)8-5-7(12(15,16)17)1-2-9(8)18/h1-2,5,10H,3-4,6,18H2,(H,19,20). The number of alkyl halides is 5. The Bertz CT molecular complexity index is 491. The van der Waals surface area contributed by atoms with Crippen LogP contribution in [-0.4, -0.2) is 32.1 Å². The molecular formula is C12H13F5N2O2. The zero-order chi connectivity index (χ0) is 16.0. The molecule has 1 amide bonds. The summed E-state index contributed by atoms with van der Waals surface area (Å²) >= 11 is 0. The summed E-state index contributed by atoms with van der Waals surface area (Å²) in [7, 11) is 0. The molecule has 4 nitrogen and oxygen atoms in total. The van der Waals surface area contributed by atoms with Gasteiger partial charge in [-0.25, -0.2) is 8.78 Å². The van der Waals surface area contributed by atoms with Crippen molar-refractivity contribution < 1.29 is 31.5 Å². The van der Waals surface area contributed by atoms with Gasteiger partial charge in [0.25, 0.3) is 12.3 Å².